The summed E-state index contributed by atoms with van der Waals surface area (Å²) in [7, 11) is 0. The second-order valence-corrected chi connectivity index (χ2v) is 18.1. The van der Waals surface area contributed by atoms with Gasteiger partial charge in [-0.3, -0.25) is 14.4 Å². The van der Waals surface area contributed by atoms with E-state index in [0.717, 1.165) is 128 Å². The van der Waals surface area contributed by atoms with Gasteiger partial charge in [-0.15, -0.1) is 0 Å². The third-order valence-electron chi connectivity index (χ3n) is 11.6. The molecule has 0 spiro atoms. The van der Waals surface area contributed by atoms with E-state index in [1.165, 1.54) is 89.9 Å². The average Bonchev–Trinajstić information content (AvgIpc) is 3.31. The van der Waals surface area contributed by atoms with Crippen LogP contribution in [-0.2, 0) is 28.6 Å². The molecule has 1 unspecified atom stereocenters. The molecule has 0 N–H and O–H groups in total. The lowest BCUT2D eigenvalue weighted by molar-refractivity contribution is -0.167. The van der Waals surface area contributed by atoms with Gasteiger partial charge in [0.05, 0.1) is 0 Å². The highest BCUT2D eigenvalue weighted by atomic mass is 16.6. The smallest absolute Gasteiger partial charge is 0.306 e. The molecular weight excluding hydrogens is 817 g/mol. The van der Waals surface area contributed by atoms with Gasteiger partial charge in [-0.25, -0.2) is 0 Å². The summed E-state index contributed by atoms with van der Waals surface area (Å²) in [5.41, 5.74) is 0. The molecule has 0 aliphatic rings. The lowest BCUT2D eigenvalue weighted by Gasteiger charge is -2.18. The van der Waals surface area contributed by atoms with Crippen molar-refractivity contribution in [2.75, 3.05) is 13.2 Å². The van der Waals surface area contributed by atoms with Crippen LogP contribution in [0.3, 0.4) is 0 Å². The minimum atomic E-state index is -0.796. The molecule has 378 valence electrons. The van der Waals surface area contributed by atoms with Crippen molar-refractivity contribution >= 4 is 17.9 Å². The molecule has 1 atom stereocenters. The van der Waals surface area contributed by atoms with Gasteiger partial charge in [0.15, 0.2) is 6.10 Å². The topological polar surface area (TPSA) is 78.9 Å². The lowest BCUT2D eigenvalue weighted by Crippen LogP contribution is -2.30. The number of hydrogen-bond donors (Lipinski definition) is 0. The summed E-state index contributed by atoms with van der Waals surface area (Å²) in [4.78, 5) is 38.1. The first-order valence-electron chi connectivity index (χ1n) is 27.6. The minimum absolute atomic E-state index is 0.0942. The quantitative estimate of drug-likeness (QED) is 0.0262. The van der Waals surface area contributed by atoms with Crippen LogP contribution in [0.1, 0.15) is 258 Å². The normalized spacial score (nSPS) is 12.7. The molecule has 6 nitrogen and oxygen atoms in total. The summed E-state index contributed by atoms with van der Waals surface area (Å²) in [6.45, 7) is 6.51. The number of unbranched alkanes of at least 4 members (excludes halogenated alkanes) is 24. The average molecular weight is 919 g/mol. The zero-order valence-electron chi connectivity index (χ0n) is 43.2. The Kier molecular flexibility index (Phi) is 51.4. The highest BCUT2D eigenvalue weighted by molar-refractivity contribution is 5.71. The lowest BCUT2D eigenvalue weighted by atomic mass is 10.1. The third kappa shape index (κ3) is 51.6. The molecule has 0 amide bonds. The molecule has 0 radical (unpaired) electrons. The van der Waals surface area contributed by atoms with Gasteiger partial charge in [-0.05, 0) is 116 Å². The molecule has 0 saturated heterocycles. The van der Waals surface area contributed by atoms with Gasteiger partial charge in [0.25, 0.3) is 0 Å². The van der Waals surface area contributed by atoms with E-state index < -0.39 is 6.10 Å². The highest BCUT2D eigenvalue weighted by Crippen LogP contribution is 2.14. The van der Waals surface area contributed by atoms with E-state index >= 15 is 0 Å². The van der Waals surface area contributed by atoms with E-state index in [1.807, 2.05) is 0 Å². The van der Waals surface area contributed by atoms with Gasteiger partial charge in [0, 0.05) is 19.3 Å². The Labute approximate surface area is 407 Å². The Bertz CT molecular complexity index is 1290. The Balaban J connectivity index is 4.44. The van der Waals surface area contributed by atoms with Gasteiger partial charge in [0.2, 0.25) is 0 Å². The Morgan fingerprint density at radius 1 is 0.303 bits per heavy atom. The monoisotopic (exact) mass is 919 g/mol. The van der Waals surface area contributed by atoms with Crippen molar-refractivity contribution in [2.45, 2.75) is 264 Å². The molecule has 0 fully saturated rings. The van der Waals surface area contributed by atoms with Gasteiger partial charge < -0.3 is 14.2 Å². The summed E-state index contributed by atoms with van der Waals surface area (Å²) < 4.78 is 16.8. The number of carbonyl (C=O) groups excluding carboxylic acids is 3. The first-order chi connectivity index (χ1) is 32.5. The van der Waals surface area contributed by atoms with Crippen LogP contribution in [-0.4, -0.2) is 37.2 Å². The maximum Gasteiger partial charge on any atom is 0.306 e. The van der Waals surface area contributed by atoms with Crippen molar-refractivity contribution in [1.29, 1.82) is 0 Å². The van der Waals surface area contributed by atoms with E-state index in [0.29, 0.717) is 19.3 Å². The summed E-state index contributed by atoms with van der Waals surface area (Å²) >= 11 is 0. The van der Waals surface area contributed by atoms with Crippen LogP contribution >= 0.6 is 0 Å². The number of hydrogen-bond acceptors (Lipinski definition) is 6. The maximum atomic E-state index is 12.8. The van der Waals surface area contributed by atoms with Crippen LogP contribution < -0.4 is 0 Å². The molecule has 0 aliphatic carbocycles. The minimum Gasteiger partial charge on any atom is -0.462 e. The molecule has 6 heteroatoms. The molecule has 0 heterocycles. The Morgan fingerprint density at radius 3 is 0.894 bits per heavy atom. The van der Waals surface area contributed by atoms with Crippen molar-refractivity contribution in [3.8, 4) is 0 Å². The molecule has 0 aliphatic heterocycles. The van der Waals surface area contributed by atoms with E-state index in [-0.39, 0.29) is 31.1 Å². The molecule has 0 aromatic carbocycles. The summed E-state index contributed by atoms with van der Waals surface area (Å²) in [6, 6.07) is 0. The fourth-order valence-corrected chi connectivity index (χ4v) is 7.38. The third-order valence-corrected chi connectivity index (χ3v) is 11.6. The molecular formula is C60H102O6. The zero-order valence-corrected chi connectivity index (χ0v) is 43.2. The fraction of sp³-hybridized carbons (Fsp3) is 0.717. The van der Waals surface area contributed by atoms with Crippen molar-refractivity contribution < 1.29 is 28.6 Å². The standard InChI is InChI=1S/C60H102O6/c1-4-7-10-13-16-19-22-25-28-29-30-31-33-35-38-41-44-47-50-53-59(62)65-56-57(55-64-58(61)52-49-46-43-40-37-34-27-24-21-18-15-12-9-6-3)66-60(63)54-51-48-45-42-39-36-32-26-23-20-17-14-11-8-5-2/h15-20,24-28,30-32,57H,4-14,21-23,29,33-56H2,1-3H3/b18-15-,19-16-,20-17-,27-24-,28-25-,31-30-,32-26-. The molecule has 0 aromatic heterocycles. The van der Waals surface area contributed by atoms with E-state index in [9.17, 15) is 14.4 Å². The summed E-state index contributed by atoms with van der Waals surface area (Å²) in [5.74, 6) is -0.931. The van der Waals surface area contributed by atoms with Gasteiger partial charge >= 0.3 is 17.9 Å². The van der Waals surface area contributed by atoms with Gasteiger partial charge in [-0.1, -0.05) is 209 Å². The van der Waals surface area contributed by atoms with Crippen LogP contribution in [0.25, 0.3) is 0 Å². The molecule has 0 saturated carbocycles. The largest absolute Gasteiger partial charge is 0.462 e. The molecule has 0 bridgehead atoms. The van der Waals surface area contributed by atoms with Crippen molar-refractivity contribution in [2.24, 2.45) is 0 Å². The number of carbonyl (C=O) groups is 3. The van der Waals surface area contributed by atoms with E-state index in [1.54, 1.807) is 0 Å². The van der Waals surface area contributed by atoms with Crippen molar-refractivity contribution in [3.63, 3.8) is 0 Å². The van der Waals surface area contributed by atoms with Crippen LogP contribution in [0.4, 0.5) is 0 Å². The molecule has 0 aromatic rings. The predicted molar refractivity (Wildman–Crippen MR) is 284 cm³/mol. The Morgan fingerprint density at radius 2 is 0.561 bits per heavy atom. The van der Waals surface area contributed by atoms with Gasteiger partial charge in [0.1, 0.15) is 13.2 Å². The number of rotatable bonds is 49. The van der Waals surface area contributed by atoms with Crippen molar-refractivity contribution in [3.05, 3.63) is 85.1 Å². The first kappa shape index (κ1) is 62.6. The van der Waals surface area contributed by atoms with Crippen LogP contribution in [0.5, 0.6) is 0 Å². The summed E-state index contributed by atoms with van der Waals surface area (Å²) in [6.07, 6.45) is 69.9. The van der Waals surface area contributed by atoms with Gasteiger partial charge in [-0.2, -0.15) is 0 Å². The van der Waals surface area contributed by atoms with E-state index in [4.69, 9.17) is 14.2 Å². The van der Waals surface area contributed by atoms with Crippen molar-refractivity contribution in [1.82, 2.24) is 0 Å². The fourth-order valence-electron chi connectivity index (χ4n) is 7.38. The SMILES string of the molecule is CCCC/C=C\C/C=C\CCCCCCCC(=O)OCC(COC(=O)CCCCCCCC/C=C\C/C=C\C/C=C\CCCCC)OC(=O)CCCCCCC/C=C\C/C=C\CCCCC. The summed E-state index contributed by atoms with van der Waals surface area (Å²) in [5, 5.41) is 0. The molecule has 0 rings (SSSR count). The second-order valence-electron chi connectivity index (χ2n) is 18.1. The highest BCUT2D eigenvalue weighted by Gasteiger charge is 2.19. The number of esters is 3. The zero-order chi connectivity index (χ0) is 47.9. The second kappa shape index (κ2) is 54.2. The Hall–Kier alpha value is -3.41. The van der Waals surface area contributed by atoms with Crippen LogP contribution in [0.15, 0.2) is 85.1 Å². The molecule has 66 heavy (non-hydrogen) atoms. The predicted octanol–water partition coefficient (Wildman–Crippen LogP) is 18.4. The van der Waals surface area contributed by atoms with Crippen LogP contribution in [0.2, 0.25) is 0 Å². The maximum absolute atomic E-state index is 12.8. The van der Waals surface area contributed by atoms with E-state index in [2.05, 4.69) is 106 Å². The first-order valence-corrected chi connectivity index (χ1v) is 27.6. The number of allylic oxidation sites excluding steroid dienone is 14. The number of ether oxygens (including phenoxy) is 3. The van der Waals surface area contributed by atoms with Crippen LogP contribution in [0, 0.1) is 0 Å².